The lowest BCUT2D eigenvalue weighted by molar-refractivity contribution is -0.137. The lowest BCUT2D eigenvalue weighted by Crippen LogP contribution is -2.61. The minimum absolute atomic E-state index is 0.0533. The van der Waals surface area contributed by atoms with Gasteiger partial charge in [-0.1, -0.05) is 115 Å². The maximum Gasteiger partial charge on any atom is 0.248 e. The highest BCUT2D eigenvalue weighted by molar-refractivity contribution is 6.14. The quantitative estimate of drug-likeness (QED) is 0.0883. The summed E-state index contributed by atoms with van der Waals surface area (Å²) in [4.78, 5) is 32.3. The molecule has 0 unspecified atom stereocenters. The first-order chi connectivity index (χ1) is 19.8. The Hall–Kier alpha value is -4.75. The van der Waals surface area contributed by atoms with Gasteiger partial charge in [0.05, 0.1) is 12.0 Å². The second-order valence-corrected chi connectivity index (χ2v) is 10.2. The summed E-state index contributed by atoms with van der Waals surface area (Å²) in [5.41, 5.74) is 20.6. The van der Waals surface area contributed by atoms with E-state index in [1.165, 1.54) is 0 Å². The van der Waals surface area contributed by atoms with Crippen molar-refractivity contribution in [3.05, 3.63) is 132 Å². The second-order valence-electron chi connectivity index (χ2n) is 10.2. The van der Waals surface area contributed by atoms with E-state index >= 15 is 0 Å². The second kappa shape index (κ2) is 13.5. The van der Waals surface area contributed by atoms with Crippen LogP contribution in [0, 0.1) is 0 Å². The predicted octanol–water partition coefficient (Wildman–Crippen LogP) is 4.68. The van der Waals surface area contributed by atoms with Crippen LogP contribution in [-0.4, -0.2) is 29.7 Å². The van der Waals surface area contributed by atoms with Crippen molar-refractivity contribution >= 4 is 17.6 Å². The lowest BCUT2D eigenvalue weighted by atomic mass is 9.76. The van der Waals surface area contributed by atoms with Crippen molar-refractivity contribution in [2.45, 2.75) is 37.3 Å². The number of hydrogen-bond donors (Lipinski definition) is 4. The minimum Gasteiger partial charge on any atom is -0.370 e. The molecule has 0 aliphatic carbocycles. The normalized spacial score (nSPS) is 13.1. The van der Waals surface area contributed by atoms with E-state index in [2.05, 4.69) is 10.3 Å². The highest BCUT2D eigenvalue weighted by Crippen LogP contribution is 2.32. The van der Waals surface area contributed by atoms with Crippen LogP contribution >= 0.6 is 0 Å². The van der Waals surface area contributed by atoms with Gasteiger partial charge in [-0.05, 0) is 47.6 Å². The zero-order valence-electron chi connectivity index (χ0n) is 23.2. The van der Waals surface area contributed by atoms with Crippen LogP contribution in [0.25, 0.3) is 11.1 Å². The maximum atomic E-state index is 14.4. The highest BCUT2D eigenvalue weighted by Gasteiger charge is 2.45. The van der Waals surface area contributed by atoms with Crippen molar-refractivity contribution in [3.63, 3.8) is 0 Å². The summed E-state index contributed by atoms with van der Waals surface area (Å²) in [5.74, 6) is -1.70. The Kier molecular flexibility index (Phi) is 9.66. The number of amides is 1. The Morgan fingerprint density at radius 2 is 1.22 bits per heavy atom. The third-order valence-corrected chi connectivity index (χ3v) is 7.26. The molecular weight excluding hydrogens is 510 g/mol. The third-order valence-electron chi connectivity index (χ3n) is 7.26. The minimum atomic E-state index is -1.83. The van der Waals surface area contributed by atoms with Crippen molar-refractivity contribution in [2.75, 3.05) is 6.54 Å². The Morgan fingerprint density at radius 3 is 1.73 bits per heavy atom. The van der Waals surface area contributed by atoms with Gasteiger partial charge < -0.3 is 22.5 Å². The maximum absolute atomic E-state index is 14.4. The third kappa shape index (κ3) is 7.26. The fraction of sp³-hybridized carbons (Fsp3) is 0.206. The number of guanidine groups is 1. The number of rotatable bonds is 12. The van der Waals surface area contributed by atoms with E-state index in [0.717, 1.165) is 27.8 Å². The van der Waals surface area contributed by atoms with Gasteiger partial charge in [-0.25, -0.2) is 0 Å². The predicted molar refractivity (Wildman–Crippen MR) is 165 cm³/mol. The molecule has 0 bridgehead atoms. The summed E-state index contributed by atoms with van der Waals surface area (Å²) in [6.45, 7) is 2.13. The Morgan fingerprint density at radius 1 is 0.732 bits per heavy atom. The first-order valence-corrected chi connectivity index (χ1v) is 13.7. The van der Waals surface area contributed by atoms with Gasteiger partial charge in [0.1, 0.15) is 0 Å². The first-order valence-electron chi connectivity index (χ1n) is 13.7. The van der Waals surface area contributed by atoms with Gasteiger partial charge in [-0.2, -0.15) is 0 Å². The van der Waals surface area contributed by atoms with Gasteiger partial charge in [-0.15, -0.1) is 0 Å². The molecular formula is C34H37N5O2. The molecule has 4 aromatic carbocycles. The number of aliphatic imine (C=N–C) groups is 1. The summed E-state index contributed by atoms with van der Waals surface area (Å²) in [7, 11) is 0. The monoisotopic (exact) mass is 547 g/mol. The molecule has 7 heteroatoms. The molecule has 0 aliphatic heterocycles. The molecule has 1 amide bonds. The first kappa shape index (κ1) is 29.2. The number of ketones is 1. The van der Waals surface area contributed by atoms with Crippen LogP contribution in [0.15, 0.2) is 120 Å². The fourth-order valence-corrected chi connectivity index (χ4v) is 4.96. The van der Waals surface area contributed by atoms with Crippen LogP contribution in [-0.2, 0) is 9.59 Å². The van der Waals surface area contributed by atoms with Crippen LogP contribution < -0.4 is 22.5 Å². The Labute approximate surface area is 241 Å². The Bertz CT molecular complexity index is 1410. The van der Waals surface area contributed by atoms with Gasteiger partial charge in [0.25, 0.3) is 0 Å². The van der Waals surface area contributed by atoms with Crippen molar-refractivity contribution in [1.82, 2.24) is 5.32 Å². The number of carbonyl (C=O) groups excluding carboxylic acids is 2. The van der Waals surface area contributed by atoms with E-state index < -0.39 is 17.4 Å². The molecule has 0 saturated carbocycles. The van der Waals surface area contributed by atoms with E-state index in [1.54, 1.807) is 0 Å². The largest absolute Gasteiger partial charge is 0.370 e. The van der Waals surface area contributed by atoms with E-state index in [9.17, 15) is 9.59 Å². The van der Waals surface area contributed by atoms with E-state index in [1.807, 2.05) is 122 Å². The van der Waals surface area contributed by atoms with E-state index in [4.69, 9.17) is 17.2 Å². The number of nitrogens with two attached hydrogens (primary N) is 3. The van der Waals surface area contributed by atoms with Crippen molar-refractivity contribution < 1.29 is 9.59 Å². The summed E-state index contributed by atoms with van der Waals surface area (Å²) in [5, 5.41) is 3.01. The number of nitrogens with zero attached hydrogens (tertiary/aromatic N) is 1. The summed E-state index contributed by atoms with van der Waals surface area (Å²) < 4.78 is 0. The topological polar surface area (TPSA) is 137 Å². The number of carbonyl (C=O) groups is 2. The molecule has 7 nitrogen and oxygen atoms in total. The Balaban J connectivity index is 1.62. The van der Waals surface area contributed by atoms with Crippen LogP contribution in [0.4, 0.5) is 0 Å². The van der Waals surface area contributed by atoms with Crippen molar-refractivity contribution in [1.29, 1.82) is 0 Å². The average Bonchev–Trinajstić information content (AvgIpc) is 3.00. The zero-order valence-corrected chi connectivity index (χ0v) is 23.2. The van der Waals surface area contributed by atoms with Gasteiger partial charge in [0.15, 0.2) is 17.3 Å². The molecule has 0 aliphatic rings. The van der Waals surface area contributed by atoms with Gasteiger partial charge in [0.2, 0.25) is 5.91 Å². The zero-order chi connectivity index (χ0) is 29.2. The van der Waals surface area contributed by atoms with E-state index in [-0.39, 0.29) is 30.8 Å². The summed E-state index contributed by atoms with van der Waals surface area (Å²) in [6, 6.07) is 36.4. The summed E-state index contributed by atoms with van der Waals surface area (Å²) >= 11 is 0. The molecule has 4 rings (SSSR count). The number of hydrogen-bond acceptors (Lipinski definition) is 4. The molecule has 2 atom stereocenters. The van der Waals surface area contributed by atoms with Gasteiger partial charge >= 0.3 is 0 Å². The standard InChI is InChI=1S/C34H37N5O2/c1-24(25-18-20-27(21-19-25)26-12-5-2-6-13-26)39-32(41)34(37,22-11-23-38-33(35)36)31(40)30(28-14-7-3-8-15-28)29-16-9-4-10-17-29/h2-10,12-21,24,30H,11,22-23,37H2,1H3,(H,39,41)(H4,35,36,38)/t24-,34+/m0/s1. The molecule has 0 spiro atoms. The fourth-order valence-electron chi connectivity index (χ4n) is 4.96. The number of nitrogens with one attached hydrogen (secondary N) is 1. The molecule has 4 aromatic rings. The molecule has 0 heterocycles. The smallest absolute Gasteiger partial charge is 0.248 e. The molecule has 41 heavy (non-hydrogen) atoms. The molecule has 0 aromatic heterocycles. The molecule has 0 radical (unpaired) electrons. The SMILES string of the molecule is C[C@H](NC(=O)[C@@](N)(CCCN=C(N)N)C(=O)C(c1ccccc1)c1ccccc1)c1ccc(-c2ccccc2)cc1. The number of Topliss-reactive ketones (excluding diaryl/α,β-unsaturated/α-hetero) is 1. The highest BCUT2D eigenvalue weighted by atomic mass is 16.2. The molecule has 210 valence electrons. The van der Waals surface area contributed by atoms with Crippen molar-refractivity contribution in [2.24, 2.45) is 22.2 Å². The van der Waals surface area contributed by atoms with E-state index in [0.29, 0.717) is 6.42 Å². The number of benzene rings is 4. The van der Waals surface area contributed by atoms with Crippen LogP contribution in [0.5, 0.6) is 0 Å². The average molecular weight is 548 g/mol. The van der Waals surface area contributed by atoms with Crippen molar-refractivity contribution in [3.8, 4) is 11.1 Å². The molecule has 0 fully saturated rings. The molecule has 7 N–H and O–H groups in total. The van der Waals surface area contributed by atoms with Gasteiger partial charge in [-0.3, -0.25) is 14.6 Å². The van der Waals surface area contributed by atoms with Crippen LogP contribution in [0.2, 0.25) is 0 Å². The molecule has 0 saturated heterocycles. The summed E-state index contributed by atoms with van der Waals surface area (Å²) in [6.07, 6.45) is 0.425. The van der Waals surface area contributed by atoms with Gasteiger partial charge in [0, 0.05) is 6.54 Å². The van der Waals surface area contributed by atoms with Crippen LogP contribution in [0.1, 0.15) is 48.4 Å². The van der Waals surface area contributed by atoms with Crippen LogP contribution in [0.3, 0.4) is 0 Å². The lowest BCUT2D eigenvalue weighted by Gasteiger charge is -2.32.